The van der Waals surface area contributed by atoms with Crippen molar-refractivity contribution in [3.63, 3.8) is 0 Å². The summed E-state index contributed by atoms with van der Waals surface area (Å²) in [4.78, 5) is 13.8. The van der Waals surface area contributed by atoms with Gasteiger partial charge in [-0.05, 0) is 18.4 Å². The maximum Gasteiger partial charge on any atom is 0.410 e. The van der Waals surface area contributed by atoms with E-state index in [1.54, 1.807) is 4.90 Å². The van der Waals surface area contributed by atoms with Crippen LogP contribution in [-0.2, 0) is 10.3 Å². The second-order valence-electron chi connectivity index (χ2n) is 5.47. The molecule has 1 aliphatic rings. The van der Waals surface area contributed by atoms with E-state index in [2.05, 4.69) is 13.8 Å². The molecule has 1 fully saturated rings. The Balaban J connectivity index is 2.44. The molecule has 19 heavy (non-hydrogen) atoms. The third-order valence-corrected chi connectivity index (χ3v) is 4.41. The fourth-order valence-electron chi connectivity index (χ4n) is 3.30. The number of nitrogens with zero attached hydrogens (tertiary/aromatic N) is 1. The van der Waals surface area contributed by atoms with Gasteiger partial charge in [0.2, 0.25) is 0 Å². The first kappa shape index (κ1) is 13.9. The Morgan fingerprint density at radius 2 is 1.84 bits per heavy atom. The first-order valence-electron chi connectivity index (χ1n) is 7.05. The quantitative estimate of drug-likeness (QED) is 0.825. The molecule has 1 amide bonds. The topological polar surface area (TPSA) is 29.5 Å². The van der Waals surface area contributed by atoms with Crippen molar-refractivity contribution >= 4 is 6.09 Å². The molecule has 2 rings (SSSR count). The lowest BCUT2D eigenvalue weighted by molar-refractivity contribution is 0.0292. The molecule has 0 aliphatic carbocycles. The maximum atomic E-state index is 12.0. The minimum atomic E-state index is -0.552. The molecule has 2 atom stereocenters. The first-order valence-corrected chi connectivity index (χ1v) is 7.05. The van der Waals surface area contributed by atoms with E-state index in [0.29, 0.717) is 5.92 Å². The number of rotatable bonds is 4. The van der Waals surface area contributed by atoms with E-state index in [9.17, 15) is 4.79 Å². The van der Waals surface area contributed by atoms with Crippen LogP contribution in [0.25, 0.3) is 0 Å². The zero-order valence-electron chi connectivity index (χ0n) is 12.2. The highest BCUT2D eigenvalue weighted by Gasteiger charge is 2.52. The highest BCUT2D eigenvalue weighted by atomic mass is 16.6. The van der Waals surface area contributed by atoms with E-state index in [1.807, 2.05) is 44.3 Å². The van der Waals surface area contributed by atoms with E-state index in [4.69, 9.17) is 4.74 Å². The van der Waals surface area contributed by atoms with Gasteiger partial charge >= 0.3 is 6.09 Å². The van der Waals surface area contributed by atoms with Gasteiger partial charge in [0, 0.05) is 7.05 Å². The Kier molecular flexibility index (Phi) is 3.83. The number of hydrogen-bond acceptors (Lipinski definition) is 2. The number of benzene rings is 1. The van der Waals surface area contributed by atoms with E-state index >= 15 is 0 Å². The highest BCUT2D eigenvalue weighted by molar-refractivity contribution is 5.71. The van der Waals surface area contributed by atoms with Crippen molar-refractivity contribution < 1.29 is 9.53 Å². The van der Waals surface area contributed by atoms with E-state index in [0.717, 1.165) is 18.4 Å². The SMILES string of the molecule is CCC(CC)C1N(C)C(=O)O[C@]1(C)c1ccccc1. The first-order chi connectivity index (χ1) is 9.04. The second kappa shape index (κ2) is 5.24. The third kappa shape index (κ3) is 2.22. The Labute approximate surface area is 115 Å². The van der Waals surface area contributed by atoms with Crippen LogP contribution in [0.2, 0.25) is 0 Å². The Hall–Kier alpha value is -1.51. The number of carbonyl (C=O) groups is 1. The summed E-state index contributed by atoms with van der Waals surface area (Å²) in [7, 11) is 1.85. The number of hydrogen-bond donors (Lipinski definition) is 0. The molecular formula is C16H23NO2. The number of carbonyl (C=O) groups excluding carboxylic acids is 1. The van der Waals surface area contributed by atoms with Gasteiger partial charge < -0.3 is 9.64 Å². The maximum absolute atomic E-state index is 12.0. The predicted octanol–water partition coefficient (Wildman–Crippen LogP) is 3.79. The van der Waals surface area contributed by atoms with Gasteiger partial charge in [-0.2, -0.15) is 0 Å². The molecule has 1 saturated heterocycles. The normalized spacial score (nSPS) is 26.9. The summed E-state index contributed by atoms with van der Waals surface area (Å²) >= 11 is 0. The highest BCUT2D eigenvalue weighted by Crippen LogP contribution is 2.42. The summed E-state index contributed by atoms with van der Waals surface area (Å²) in [6.07, 6.45) is 1.87. The van der Waals surface area contributed by atoms with Crippen molar-refractivity contribution in [3.8, 4) is 0 Å². The molecule has 1 aromatic rings. The van der Waals surface area contributed by atoms with Gasteiger partial charge in [0.05, 0.1) is 6.04 Å². The molecule has 0 spiro atoms. The summed E-state index contributed by atoms with van der Waals surface area (Å²) in [5, 5.41) is 0. The third-order valence-electron chi connectivity index (χ3n) is 4.41. The number of amides is 1. The van der Waals surface area contributed by atoms with Crippen molar-refractivity contribution in [2.45, 2.75) is 45.3 Å². The zero-order chi connectivity index (χ0) is 14.0. The van der Waals surface area contributed by atoms with E-state index in [1.165, 1.54) is 0 Å². The Bertz CT molecular complexity index is 441. The predicted molar refractivity (Wildman–Crippen MR) is 75.9 cm³/mol. The summed E-state index contributed by atoms with van der Waals surface area (Å²) in [5.41, 5.74) is 0.522. The molecule has 0 aromatic heterocycles. The Morgan fingerprint density at radius 1 is 1.26 bits per heavy atom. The molecule has 1 heterocycles. The molecule has 0 N–H and O–H groups in total. The van der Waals surface area contributed by atoms with Crippen LogP contribution in [0.3, 0.4) is 0 Å². The number of likely N-dealkylation sites (N-methyl/N-ethyl adjacent to an activating group) is 1. The van der Waals surface area contributed by atoms with Gasteiger partial charge in [-0.1, -0.05) is 57.0 Å². The van der Waals surface area contributed by atoms with Gasteiger partial charge in [0.15, 0.2) is 5.60 Å². The van der Waals surface area contributed by atoms with Crippen LogP contribution in [0.1, 0.15) is 39.2 Å². The number of ether oxygens (including phenoxy) is 1. The van der Waals surface area contributed by atoms with Crippen LogP contribution >= 0.6 is 0 Å². The molecule has 104 valence electrons. The van der Waals surface area contributed by atoms with Crippen molar-refractivity contribution in [1.29, 1.82) is 0 Å². The molecule has 1 unspecified atom stereocenters. The van der Waals surface area contributed by atoms with E-state index < -0.39 is 5.60 Å². The molecule has 0 bridgehead atoms. The van der Waals surface area contributed by atoms with Crippen LogP contribution in [-0.4, -0.2) is 24.1 Å². The minimum Gasteiger partial charge on any atom is -0.436 e. The molecule has 3 nitrogen and oxygen atoms in total. The lowest BCUT2D eigenvalue weighted by Gasteiger charge is -2.36. The Morgan fingerprint density at radius 3 is 2.37 bits per heavy atom. The summed E-state index contributed by atoms with van der Waals surface area (Å²) in [5.74, 6) is 0.446. The van der Waals surface area contributed by atoms with Crippen LogP contribution in [0.5, 0.6) is 0 Å². The van der Waals surface area contributed by atoms with Gasteiger partial charge in [-0.25, -0.2) is 4.79 Å². The van der Waals surface area contributed by atoms with E-state index in [-0.39, 0.29) is 12.1 Å². The second-order valence-corrected chi connectivity index (χ2v) is 5.47. The van der Waals surface area contributed by atoms with Crippen molar-refractivity contribution in [2.24, 2.45) is 5.92 Å². The minimum absolute atomic E-state index is 0.0948. The summed E-state index contributed by atoms with van der Waals surface area (Å²) < 4.78 is 5.73. The zero-order valence-corrected chi connectivity index (χ0v) is 12.2. The summed E-state index contributed by atoms with van der Waals surface area (Å²) in [6.45, 7) is 6.39. The standard InChI is InChI=1S/C16H23NO2/c1-5-12(6-2)14-16(3,19-15(18)17(14)4)13-10-8-7-9-11-13/h7-12,14H,5-6H2,1-4H3/t14?,16-/m1/s1. The monoisotopic (exact) mass is 261 g/mol. The van der Waals surface area contributed by atoms with Crippen molar-refractivity contribution in [1.82, 2.24) is 4.90 Å². The average Bonchev–Trinajstić information content (AvgIpc) is 2.66. The van der Waals surface area contributed by atoms with Crippen molar-refractivity contribution in [2.75, 3.05) is 7.05 Å². The van der Waals surface area contributed by atoms with Crippen LogP contribution in [0.4, 0.5) is 4.79 Å². The van der Waals surface area contributed by atoms with Crippen LogP contribution < -0.4 is 0 Å². The molecule has 1 aliphatic heterocycles. The summed E-state index contributed by atoms with van der Waals surface area (Å²) in [6, 6.07) is 10.2. The van der Waals surface area contributed by atoms with Gasteiger partial charge in [-0.15, -0.1) is 0 Å². The average molecular weight is 261 g/mol. The fraction of sp³-hybridized carbons (Fsp3) is 0.562. The molecule has 0 radical (unpaired) electrons. The van der Waals surface area contributed by atoms with Crippen LogP contribution in [0.15, 0.2) is 30.3 Å². The fourth-order valence-corrected chi connectivity index (χ4v) is 3.30. The molecule has 0 saturated carbocycles. The van der Waals surface area contributed by atoms with Gasteiger partial charge in [-0.3, -0.25) is 0 Å². The molecular weight excluding hydrogens is 238 g/mol. The van der Waals surface area contributed by atoms with Crippen molar-refractivity contribution in [3.05, 3.63) is 35.9 Å². The molecule has 3 heteroatoms. The lowest BCUT2D eigenvalue weighted by Crippen LogP contribution is -2.45. The largest absolute Gasteiger partial charge is 0.436 e. The number of cyclic esters (lactones) is 1. The van der Waals surface area contributed by atoms with Crippen LogP contribution in [0, 0.1) is 5.92 Å². The lowest BCUT2D eigenvalue weighted by atomic mass is 9.78. The molecule has 1 aromatic carbocycles. The van der Waals surface area contributed by atoms with Gasteiger partial charge in [0.1, 0.15) is 0 Å². The van der Waals surface area contributed by atoms with Gasteiger partial charge in [0.25, 0.3) is 0 Å². The smallest absolute Gasteiger partial charge is 0.410 e.